The van der Waals surface area contributed by atoms with E-state index in [1.165, 1.54) is 11.3 Å². The van der Waals surface area contributed by atoms with Crippen LogP contribution in [-0.2, 0) is 18.9 Å². The SMILES string of the molecule is Cc1ncc2c(n1)C1(CCCN(C(=O)c3cn(C)cn3)C1)CC2. The zero-order chi connectivity index (χ0) is 16.0. The van der Waals surface area contributed by atoms with Crippen molar-refractivity contribution in [1.29, 1.82) is 0 Å². The van der Waals surface area contributed by atoms with Gasteiger partial charge < -0.3 is 9.47 Å². The van der Waals surface area contributed by atoms with Gasteiger partial charge in [-0.15, -0.1) is 0 Å². The van der Waals surface area contributed by atoms with Crippen molar-refractivity contribution < 1.29 is 4.79 Å². The van der Waals surface area contributed by atoms with Crippen LogP contribution in [0.2, 0.25) is 0 Å². The molecule has 23 heavy (non-hydrogen) atoms. The van der Waals surface area contributed by atoms with Crippen LogP contribution in [0.25, 0.3) is 0 Å². The Labute approximate surface area is 135 Å². The Kier molecular flexibility index (Phi) is 3.21. The third-order valence-electron chi connectivity index (χ3n) is 5.15. The highest BCUT2D eigenvalue weighted by Crippen LogP contribution is 2.43. The van der Waals surface area contributed by atoms with Crippen molar-refractivity contribution in [3.63, 3.8) is 0 Å². The monoisotopic (exact) mass is 311 g/mol. The van der Waals surface area contributed by atoms with Gasteiger partial charge in [0.2, 0.25) is 0 Å². The number of piperidine rings is 1. The summed E-state index contributed by atoms with van der Waals surface area (Å²) in [6.07, 6.45) is 9.62. The molecule has 120 valence electrons. The van der Waals surface area contributed by atoms with Crippen molar-refractivity contribution >= 4 is 5.91 Å². The molecular formula is C17H21N5O. The minimum absolute atomic E-state index is 0.00568. The molecule has 1 aliphatic carbocycles. The first-order valence-corrected chi connectivity index (χ1v) is 8.18. The van der Waals surface area contributed by atoms with Gasteiger partial charge in [0.1, 0.15) is 11.5 Å². The third-order valence-corrected chi connectivity index (χ3v) is 5.15. The molecule has 0 radical (unpaired) electrons. The Balaban J connectivity index is 1.64. The molecule has 1 atom stereocenters. The van der Waals surface area contributed by atoms with Crippen LogP contribution in [-0.4, -0.2) is 43.4 Å². The number of rotatable bonds is 1. The topological polar surface area (TPSA) is 63.9 Å². The van der Waals surface area contributed by atoms with Crippen LogP contribution >= 0.6 is 0 Å². The Hall–Kier alpha value is -2.24. The number of likely N-dealkylation sites (tertiary alicyclic amines) is 1. The maximum Gasteiger partial charge on any atom is 0.274 e. The number of nitrogens with zero attached hydrogens (tertiary/aromatic N) is 5. The highest BCUT2D eigenvalue weighted by Gasteiger charge is 2.44. The fourth-order valence-electron chi connectivity index (χ4n) is 4.02. The number of aryl methyl sites for hydroxylation is 3. The summed E-state index contributed by atoms with van der Waals surface area (Å²) in [7, 11) is 1.88. The van der Waals surface area contributed by atoms with Crippen molar-refractivity contribution in [1.82, 2.24) is 24.4 Å². The fraction of sp³-hybridized carbons (Fsp3) is 0.529. The molecule has 1 aliphatic heterocycles. The van der Waals surface area contributed by atoms with Gasteiger partial charge in [-0.2, -0.15) is 0 Å². The Morgan fingerprint density at radius 2 is 2.17 bits per heavy atom. The average Bonchev–Trinajstić information content (AvgIpc) is 3.12. The maximum atomic E-state index is 12.7. The molecule has 6 heteroatoms. The predicted molar refractivity (Wildman–Crippen MR) is 85.1 cm³/mol. The highest BCUT2D eigenvalue weighted by atomic mass is 16.2. The molecule has 0 aromatic carbocycles. The Morgan fingerprint density at radius 3 is 2.96 bits per heavy atom. The molecule has 0 N–H and O–H groups in total. The summed E-state index contributed by atoms with van der Waals surface area (Å²) in [6.45, 7) is 3.48. The van der Waals surface area contributed by atoms with Crippen LogP contribution < -0.4 is 0 Å². The summed E-state index contributed by atoms with van der Waals surface area (Å²) >= 11 is 0. The molecule has 0 bridgehead atoms. The van der Waals surface area contributed by atoms with Gasteiger partial charge in [-0.3, -0.25) is 4.79 Å². The molecule has 2 aromatic heterocycles. The number of aromatic nitrogens is 4. The molecule has 0 saturated carbocycles. The normalized spacial score (nSPS) is 23.3. The molecule has 4 rings (SSSR count). The van der Waals surface area contributed by atoms with E-state index in [1.807, 2.05) is 29.6 Å². The molecule has 6 nitrogen and oxygen atoms in total. The van der Waals surface area contributed by atoms with Gasteiger partial charge in [0.05, 0.1) is 12.0 Å². The summed E-state index contributed by atoms with van der Waals surface area (Å²) in [5, 5.41) is 0. The van der Waals surface area contributed by atoms with Crippen LogP contribution in [0.1, 0.15) is 46.8 Å². The lowest BCUT2D eigenvalue weighted by molar-refractivity contribution is 0.0628. The number of fused-ring (bicyclic) bond motifs is 2. The van der Waals surface area contributed by atoms with Crippen molar-refractivity contribution in [2.45, 2.75) is 38.0 Å². The lowest BCUT2D eigenvalue weighted by atomic mass is 9.77. The van der Waals surface area contributed by atoms with E-state index in [0.717, 1.165) is 44.6 Å². The summed E-state index contributed by atoms with van der Waals surface area (Å²) < 4.78 is 1.81. The van der Waals surface area contributed by atoms with E-state index >= 15 is 0 Å². The van der Waals surface area contributed by atoms with Gasteiger partial charge >= 0.3 is 0 Å². The standard InChI is InChI=1S/C17H21N5O/c1-12-18-8-13-4-6-17(15(13)20-12)5-3-7-22(10-17)16(23)14-9-21(2)11-19-14/h8-9,11H,3-7,10H2,1-2H3. The Morgan fingerprint density at radius 1 is 1.30 bits per heavy atom. The molecule has 3 heterocycles. The van der Waals surface area contributed by atoms with Crippen LogP contribution in [0.4, 0.5) is 0 Å². The number of carbonyl (C=O) groups excluding carboxylic acids is 1. The third kappa shape index (κ3) is 2.33. The van der Waals surface area contributed by atoms with E-state index < -0.39 is 0 Å². The van der Waals surface area contributed by atoms with Gasteiger partial charge in [0.25, 0.3) is 5.91 Å². The molecule has 1 saturated heterocycles. The zero-order valence-electron chi connectivity index (χ0n) is 13.6. The lowest BCUT2D eigenvalue weighted by Gasteiger charge is -2.40. The molecule has 1 spiro atoms. The number of hydrogen-bond acceptors (Lipinski definition) is 4. The first-order chi connectivity index (χ1) is 11.1. The van der Waals surface area contributed by atoms with Crippen molar-refractivity contribution in [2.75, 3.05) is 13.1 Å². The predicted octanol–water partition coefficient (Wildman–Crippen LogP) is 1.64. The summed E-state index contributed by atoms with van der Waals surface area (Å²) in [4.78, 5) is 28.0. The quantitative estimate of drug-likeness (QED) is 0.803. The van der Waals surface area contributed by atoms with E-state index in [-0.39, 0.29) is 11.3 Å². The maximum absolute atomic E-state index is 12.7. The molecule has 2 aliphatic rings. The van der Waals surface area contributed by atoms with E-state index in [0.29, 0.717) is 5.69 Å². The molecular weight excluding hydrogens is 290 g/mol. The second-order valence-electron chi connectivity index (χ2n) is 6.83. The van der Waals surface area contributed by atoms with Crippen LogP contribution in [0.3, 0.4) is 0 Å². The number of amides is 1. The summed E-state index contributed by atoms with van der Waals surface area (Å²) in [5.41, 5.74) is 2.96. The summed E-state index contributed by atoms with van der Waals surface area (Å²) in [5.74, 6) is 0.849. The minimum Gasteiger partial charge on any atom is -0.340 e. The average molecular weight is 311 g/mol. The minimum atomic E-state index is 0.00568. The largest absolute Gasteiger partial charge is 0.340 e. The van der Waals surface area contributed by atoms with Gasteiger partial charge in [-0.05, 0) is 38.2 Å². The second kappa shape index (κ2) is 5.15. The van der Waals surface area contributed by atoms with E-state index in [4.69, 9.17) is 4.98 Å². The lowest BCUT2D eigenvalue weighted by Crippen LogP contribution is -2.48. The van der Waals surface area contributed by atoms with Crippen molar-refractivity contribution in [3.05, 3.63) is 41.5 Å². The summed E-state index contributed by atoms with van der Waals surface area (Å²) in [6, 6.07) is 0. The fourth-order valence-corrected chi connectivity index (χ4v) is 4.02. The second-order valence-corrected chi connectivity index (χ2v) is 6.83. The van der Waals surface area contributed by atoms with E-state index in [9.17, 15) is 4.79 Å². The van der Waals surface area contributed by atoms with Crippen molar-refractivity contribution in [2.24, 2.45) is 7.05 Å². The van der Waals surface area contributed by atoms with Gasteiger partial charge in [-0.25, -0.2) is 15.0 Å². The van der Waals surface area contributed by atoms with Gasteiger partial charge in [-0.1, -0.05) is 0 Å². The molecule has 2 aromatic rings. The van der Waals surface area contributed by atoms with Crippen LogP contribution in [0.15, 0.2) is 18.7 Å². The first kappa shape index (κ1) is 14.4. The number of hydrogen-bond donors (Lipinski definition) is 0. The van der Waals surface area contributed by atoms with E-state index in [1.54, 1.807) is 12.5 Å². The van der Waals surface area contributed by atoms with E-state index in [2.05, 4.69) is 9.97 Å². The molecule has 1 unspecified atom stereocenters. The molecule has 1 amide bonds. The van der Waals surface area contributed by atoms with Crippen LogP contribution in [0, 0.1) is 6.92 Å². The van der Waals surface area contributed by atoms with Crippen LogP contribution in [0.5, 0.6) is 0 Å². The first-order valence-electron chi connectivity index (χ1n) is 8.18. The number of imidazole rings is 1. The van der Waals surface area contributed by atoms with Gasteiger partial charge in [0.15, 0.2) is 0 Å². The molecule has 1 fully saturated rings. The highest BCUT2D eigenvalue weighted by molar-refractivity contribution is 5.92. The van der Waals surface area contributed by atoms with Crippen molar-refractivity contribution in [3.8, 4) is 0 Å². The number of carbonyl (C=O) groups is 1. The zero-order valence-corrected chi connectivity index (χ0v) is 13.6. The smallest absolute Gasteiger partial charge is 0.274 e. The Bertz CT molecular complexity index is 764. The van der Waals surface area contributed by atoms with Gasteiger partial charge in [0, 0.05) is 37.9 Å².